The van der Waals surface area contributed by atoms with Gasteiger partial charge in [-0.3, -0.25) is 10.1 Å². The molecule has 0 aliphatic heterocycles. The van der Waals surface area contributed by atoms with Gasteiger partial charge in [-0.2, -0.15) is 0 Å². The Labute approximate surface area is 129 Å². The fourth-order valence-corrected chi connectivity index (χ4v) is 2.86. The maximum absolute atomic E-state index is 10.7. The van der Waals surface area contributed by atoms with Crippen LogP contribution in [-0.4, -0.2) is 24.6 Å². The molecule has 1 aromatic rings. The van der Waals surface area contributed by atoms with Crippen molar-refractivity contribution >= 4 is 37.5 Å². The first-order valence-corrected chi connectivity index (χ1v) is 7.51. The Bertz CT molecular complexity index is 432. The van der Waals surface area contributed by atoms with Gasteiger partial charge in [-0.15, -0.1) is 0 Å². The molecule has 0 heterocycles. The second-order valence-electron chi connectivity index (χ2n) is 4.22. The summed E-state index contributed by atoms with van der Waals surface area (Å²) in [7, 11) is 0. The molecule has 0 saturated carbocycles. The number of non-ortho nitro benzene ring substituents is 1. The van der Waals surface area contributed by atoms with Crippen LogP contribution in [0.3, 0.4) is 0 Å². The summed E-state index contributed by atoms with van der Waals surface area (Å²) in [6.07, 6.45) is 0. The number of benzene rings is 1. The molecule has 0 aromatic heterocycles. The highest BCUT2D eigenvalue weighted by Gasteiger charge is 2.15. The molecule has 0 amide bonds. The number of nitrogens with zero attached hydrogens (tertiary/aromatic N) is 1. The first-order chi connectivity index (χ1) is 8.95. The van der Waals surface area contributed by atoms with Crippen molar-refractivity contribution in [1.82, 2.24) is 5.32 Å². The Morgan fingerprint density at radius 2 is 2.00 bits per heavy atom. The van der Waals surface area contributed by atoms with E-state index in [1.165, 1.54) is 12.1 Å². The molecule has 5 nitrogen and oxygen atoms in total. The highest BCUT2D eigenvalue weighted by Crippen LogP contribution is 2.37. The van der Waals surface area contributed by atoms with Crippen molar-refractivity contribution in [2.45, 2.75) is 13.8 Å². The quantitative estimate of drug-likeness (QED) is 0.564. The van der Waals surface area contributed by atoms with Gasteiger partial charge in [0.2, 0.25) is 0 Å². The van der Waals surface area contributed by atoms with E-state index in [4.69, 9.17) is 4.74 Å². The van der Waals surface area contributed by atoms with Crippen LogP contribution in [0.15, 0.2) is 21.1 Å². The van der Waals surface area contributed by atoms with Crippen molar-refractivity contribution in [3.63, 3.8) is 0 Å². The number of nitro benzene ring substituents is 1. The second-order valence-corrected chi connectivity index (χ2v) is 5.93. The third-order valence-electron chi connectivity index (χ3n) is 2.45. The minimum atomic E-state index is -0.437. The fraction of sp³-hybridized carbons (Fsp3) is 0.500. The van der Waals surface area contributed by atoms with E-state index in [-0.39, 0.29) is 5.69 Å². The molecule has 19 heavy (non-hydrogen) atoms. The number of ether oxygens (including phenoxy) is 1. The fourth-order valence-electron chi connectivity index (χ4n) is 1.47. The molecule has 1 aromatic carbocycles. The summed E-state index contributed by atoms with van der Waals surface area (Å²) >= 11 is 6.59. The van der Waals surface area contributed by atoms with Crippen molar-refractivity contribution in [1.29, 1.82) is 0 Å². The minimum absolute atomic E-state index is 0.0202. The topological polar surface area (TPSA) is 64.4 Å². The number of rotatable bonds is 7. The molecule has 0 saturated heterocycles. The van der Waals surface area contributed by atoms with Crippen LogP contribution in [0.4, 0.5) is 5.69 Å². The molecule has 1 rings (SSSR count). The van der Waals surface area contributed by atoms with E-state index in [0.29, 0.717) is 27.2 Å². The first-order valence-electron chi connectivity index (χ1n) is 5.92. The van der Waals surface area contributed by atoms with Gasteiger partial charge in [0.1, 0.15) is 5.75 Å². The average molecular weight is 396 g/mol. The molecular weight excluding hydrogens is 380 g/mol. The van der Waals surface area contributed by atoms with Crippen LogP contribution in [0.25, 0.3) is 0 Å². The van der Waals surface area contributed by atoms with Gasteiger partial charge >= 0.3 is 0 Å². The lowest BCUT2D eigenvalue weighted by molar-refractivity contribution is -0.385. The van der Waals surface area contributed by atoms with Crippen molar-refractivity contribution in [2.24, 2.45) is 5.92 Å². The van der Waals surface area contributed by atoms with Gasteiger partial charge in [-0.05, 0) is 38.4 Å². The lowest BCUT2D eigenvalue weighted by atomic mass is 10.2. The highest BCUT2D eigenvalue weighted by atomic mass is 79.9. The smallest absolute Gasteiger partial charge is 0.271 e. The standard InChI is InChI=1S/C12H16Br2N2O3/c1-3-15-6-8(2)7-19-12-10(13)4-9(16(17)18)5-11(12)14/h4-5,8,15H,3,6-7H2,1-2H3. The van der Waals surface area contributed by atoms with Gasteiger partial charge in [-0.1, -0.05) is 13.8 Å². The monoisotopic (exact) mass is 394 g/mol. The number of nitro groups is 1. The van der Waals surface area contributed by atoms with E-state index < -0.39 is 4.92 Å². The van der Waals surface area contributed by atoms with E-state index in [0.717, 1.165) is 13.1 Å². The van der Waals surface area contributed by atoms with Crippen LogP contribution < -0.4 is 10.1 Å². The number of hydrogen-bond acceptors (Lipinski definition) is 4. The zero-order valence-electron chi connectivity index (χ0n) is 10.8. The largest absolute Gasteiger partial charge is 0.491 e. The van der Waals surface area contributed by atoms with Crippen molar-refractivity contribution in [3.05, 3.63) is 31.2 Å². The Balaban J connectivity index is 2.71. The van der Waals surface area contributed by atoms with Gasteiger partial charge in [0.15, 0.2) is 0 Å². The SMILES string of the molecule is CCNCC(C)COc1c(Br)cc([N+](=O)[O-])cc1Br. The Morgan fingerprint density at radius 1 is 1.42 bits per heavy atom. The van der Waals surface area contributed by atoms with Crippen molar-refractivity contribution in [3.8, 4) is 5.75 Å². The van der Waals surface area contributed by atoms with Crippen LogP contribution >= 0.6 is 31.9 Å². The molecule has 106 valence electrons. The zero-order chi connectivity index (χ0) is 14.4. The summed E-state index contributed by atoms with van der Waals surface area (Å²) in [6, 6.07) is 2.88. The molecule has 0 fully saturated rings. The van der Waals surface area contributed by atoms with E-state index in [1.807, 2.05) is 0 Å². The van der Waals surface area contributed by atoms with Gasteiger partial charge in [0, 0.05) is 24.6 Å². The van der Waals surface area contributed by atoms with Gasteiger partial charge in [0.05, 0.1) is 20.5 Å². The van der Waals surface area contributed by atoms with Crippen molar-refractivity contribution < 1.29 is 9.66 Å². The highest BCUT2D eigenvalue weighted by molar-refractivity contribution is 9.11. The summed E-state index contributed by atoms with van der Waals surface area (Å²) in [4.78, 5) is 10.3. The van der Waals surface area contributed by atoms with E-state index in [1.54, 1.807) is 0 Å². The summed E-state index contributed by atoms with van der Waals surface area (Å²) in [5.41, 5.74) is 0.0202. The Kier molecular flexibility index (Phi) is 6.74. The number of halogens is 2. The van der Waals surface area contributed by atoms with Gasteiger partial charge in [-0.25, -0.2) is 0 Å². The van der Waals surface area contributed by atoms with E-state index >= 15 is 0 Å². The summed E-state index contributed by atoms with van der Waals surface area (Å²) in [5.74, 6) is 0.947. The molecule has 1 N–H and O–H groups in total. The summed E-state index contributed by atoms with van der Waals surface area (Å²) in [5, 5.41) is 14.0. The zero-order valence-corrected chi connectivity index (χ0v) is 14.0. The summed E-state index contributed by atoms with van der Waals surface area (Å²) < 4.78 is 6.85. The van der Waals surface area contributed by atoms with E-state index in [9.17, 15) is 10.1 Å². The maximum atomic E-state index is 10.7. The molecule has 0 bridgehead atoms. The molecule has 1 unspecified atom stereocenters. The van der Waals surface area contributed by atoms with Crippen LogP contribution in [0.1, 0.15) is 13.8 Å². The maximum Gasteiger partial charge on any atom is 0.271 e. The number of hydrogen-bond donors (Lipinski definition) is 1. The van der Waals surface area contributed by atoms with Crippen LogP contribution in [-0.2, 0) is 0 Å². The van der Waals surface area contributed by atoms with Crippen molar-refractivity contribution in [2.75, 3.05) is 19.7 Å². The predicted octanol–water partition coefficient (Wildman–Crippen LogP) is 3.74. The molecule has 1 atom stereocenters. The lowest BCUT2D eigenvalue weighted by Crippen LogP contribution is -2.24. The second kappa shape index (κ2) is 7.81. The molecule has 7 heteroatoms. The summed E-state index contributed by atoms with van der Waals surface area (Å²) in [6.45, 7) is 6.48. The predicted molar refractivity (Wildman–Crippen MR) is 81.7 cm³/mol. The van der Waals surface area contributed by atoms with Crippen LogP contribution in [0.2, 0.25) is 0 Å². The average Bonchev–Trinajstić information content (AvgIpc) is 2.34. The third-order valence-corrected chi connectivity index (χ3v) is 3.63. The van der Waals surface area contributed by atoms with Crippen LogP contribution in [0, 0.1) is 16.0 Å². The minimum Gasteiger partial charge on any atom is -0.491 e. The van der Waals surface area contributed by atoms with Crippen LogP contribution in [0.5, 0.6) is 5.75 Å². The Morgan fingerprint density at radius 3 is 2.47 bits per heavy atom. The molecule has 0 aliphatic rings. The third kappa shape index (κ3) is 5.08. The lowest BCUT2D eigenvalue weighted by Gasteiger charge is -2.15. The Hall–Kier alpha value is -0.660. The molecular formula is C12H16Br2N2O3. The van der Waals surface area contributed by atoms with Gasteiger partial charge < -0.3 is 10.1 Å². The number of nitrogens with one attached hydrogen (secondary N) is 1. The van der Waals surface area contributed by atoms with Gasteiger partial charge in [0.25, 0.3) is 5.69 Å². The first kappa shape index (κ1) is 16.4. The molecule has 0 radical (unpaired) electrons. The normalized spacial score (nSPS) is 12.2. The van der Waals surface area contributed by atoms with E-state index in [2.05, 4.69) is 51.0 Å². The molecule has 0 spiro atoms. The molecule has 0 aliphatic carbocycles.